The van der Waals surface area contributed by atoms with E-state index < -0.39 is 0 Å². The Kier molecular flexibility index (Phi) is 4.09. The Morgan fingerprint density at radius 2 is 2.06 bits per heavy atom. The van der Waals surface area contributed by atoms with Crippen LogP contribution in [0.4, 0.5) is 0 Å². The zero-order valence-corrected chi connectivity index (χ0v) is 11.1. The molecule has 0 bridgehead atoms. The molecule has 0 fully saturated rings. The lowest BCUT2D eigenvalue weighted by atomic mass is 10.2. The Bertz CT molecular complexity index is 502. The maximum atomic E-state index is 5.69. The first-order valence-electron chi connectivity index (χ1n) is 5.41. The van der Waals surface area contributed by atoms with Crippen LogP contribution in [0.1, 0.15) is 11.4 Å². The monoisotopic (exact) mass is 292 g/mol. The fourth-order valence-electron chi connectivity index (χ4n) is 1.47. The third-order valence-corrected chi connectivity index (χ3v) is 2.79. The molecule has 88 valence electrons. The highest BCUT2D eigenvalue weighted by atomic mass is 79.9. The minimum Gasteiger partial charge on any atom is -0.493 e. The predicted molar refractivity (Wildman–Crippen MR) is 70.1 cm³/mol. The molecule has 0 aliphatic carbocycles. The van der Waals surface area contributed by atoms with Crippen molar-refractivity contribution < 1.29 is 4.74 Å². The number of aryl methyl sites for hydroxylation is 1. The van der Waals surface area contributed by atoms with Gasteiger partial charge in [-0.05, 0) is 40.5 Å². The van der Waals surface area contributed by atoms with Crippen molar-refractivity contribution in [1.82, 2.24) is 9.97 Å². The van der Waals surface area contributed by atoms with E-state index in [9.17, 15) is 0 Å². The quantitative estimate of drug-likeness (QED) is 0.812. The minimum atomic E-state index is 0.585. The highest BCUT2D eigenvalue weighted by molar-refractivity contribution is 9.10. The number of halogens is 1. The predicted octanol–water partition coefficient (Wildman–Crippen LogP) is 3.17. The van der Waals surface area contributed by atoms with Crippen molar-refractivity contribution >= 4 is 15.9 Å². The molecule has 17 heavy (non-hydrogen) atoms. The Hall–Kier alpha value is -1.42. The van der Waals surface area contributed by atoms with Crippen molar-refractivity contribution in [2.45, 2.75) is 13.3 Å². The van der Waals surface area contributed by atoms with Crippen LogP contribution in [0.15, 0.2) is 41.1 Å². The molecule has 4 heteroatoms. The van der Waals surface area contributed by atoms with Gasteiger partial charge >= 0.3 is 0 Å². The highest BCUT2D eigenvalue weighted by Crippen LogP contribution is 2.16. The summed E-state index contributed by atoms with van der Waals surface area (Å²) < 4.78 is 6.49. The lowest BCUT2D eigenvalue weighted by Gasteiger charge is -2.07. The van der Waals surface area contributed by atoms with E-state index in [1.165, 1.54) is 0 Å². The topological polar surface area (TPSA) is 35.0 Å². The van der Waals surface area contributed by atoms with Crippen LogP contribution in [0, 0.1) is 6.92 Å². The molecule has 0 unspecified atom stereocenters. The number of ether oxygens (including phenoxy) is 1. The van der Waals surface area contributed by atoms with Gasteiger partial charge in [-0.1, -0.05) is 18.2 Å². The van der Waals surface area contributed by atoms with Crippen LogP contribution in [-0.2, 0) is 6.42 Å². The van der Waals surface area contributed by atoms with Crippen molar-refractivity contribution in [2.24, 2.45) is 0 Å². The fraction of sp³-hybridized carbons (Fsp3) is 0.231. The number of benzene rings is 1. The van der Waals surface area contributed by atoms with Crippen LogP contribution in [0.5, 0.6) is 5.75 Å². The van der Waals surface area contributed by atoms with Crippen LogP contribution in [-0.4, -0.2) is 16.6 Å². The second kappa shape index (κ2) is 5.77. The van der Waals surface area contributed by atoms with Gasteiger partial charge in [0.05, 0.1) is 6.61 Å². The molecule has 0 saturated carbocycles. The van der Waals surface area contributed by atoms with Gasteiger partial charge in [0.1, 0.15) is 16.2 Å². The molecule has 0 amide bonds. The summed E-state index contributed by atoms with van der Waals surface area (Å²) in [5.74, 6) is 1.70. The van der Waals surface area contributed by atoms with Gasteiger partial charge in [-0.15, -0.1) is 0 Å². The van der Waals surface area contributed by atoms with E-state index in [0.29, 0.717) is 13.0 Å². The van der Waals surface area contributed by atoms with Crippen LogP contribution >= 0.6 is 15.9 Å². The maximum absolute atomic E-state index is 5.69. The molecule has 3 nitrogen and oxygen atoms in total. The first kappa shape index (κ1) is 12.0. The molecule has 1 aromatic heterocycles. The summed E-state index contributed by atoms with van der Waals surface area (Å²) in [7, 11) is 0. The van der Waals surface area contributed by atoms with E-state index in [-0.39, 0.29) is 0 Å². The number of rotatable bonds is 4. The molecule has 0 aliphatic heterocycles. The third-order valence-electron chi connectivity index (χ3n) is 2.35. The van der Waals surface area contributed by atoms with E-state index in [1.807, 2.05) is 37.3 Å². The summed E-state index contributed by atoms with van der Waals surface area (Å²) in [6.45, 7) is 2.62. The third kappa shape index (κ3) is 3.53. The molecule has 2 aromatic rings. The zero-order chi connectivity index (χ0) is 12.1. The number of para-hydroxylation sites is 1. The van der Waals surface area contributed by atoms with Gasteiger partial charge in [0, 0.05) is 12.6 Å². The average Bonchev–Trinajstić information content (AvgIpc) is 2.32. The van der Waals surface area contributed by atoms with E-state index >= 15 is 0 Å². The Morgan fingerprint density at radius 1 is 1.24 bits per heavy atom. The summed E-state index contributed by atoms with van der Waals surface area (Å²) in [5.41, 5.74) is 1.14. The SMILES string of the molecule is Cc1ccccc1OCCc1nccc(Br)n1. The molecule has 0 aliphatic rings. The lowest BCUT2D eigenvalue weighted by molar-refractivity contribution is 0.316. The van der Waals surface area contributed by atoms with E-state index in [1.54, 1.807) is 6.20 Å². The molecule has 1 aromatic carbocycles. The van der Waals surface area contributed by atoms with Crippen molar-refractivity contribution in [3.05, 3.63) is 52.5 Å². The minimum absolute atomic E-state index is 0.585. The van der Waals surface area contributed by atoms with Gasteiger partial charge in [-0.3, -0.25) is 0 Å². The van der Waals surface area contributed by atoms with Gasteiger partial charge in [0.25, 0.3) is 0 Å². The first-order chi connectivity index (χ1) is 8.25. The summed E-state index contributed by atoms with van der Waals surface area (Å²) >= 11 is 3.32. The molecular weight excluding hydrogens is 280 g/mol. The second-order valence-corrected chi connectivity index (χ2v) is 4.47. The van der Waals surface area contributed by atoms with Crippen LogP contribution < -0.4 is 4.74 Å². The number of hydrogen-bond acceptors (Lipinski definition) is 3. The molecule has 2 rings (SSSR count). The Labute approximate surface area is 109 Å². The lowest BCUT2D eigenvalue weighted by Crippen LogP contribution is -2.05. The molecule has 0 spiro atoms. The molecule has 1 heterocycles. The van der Waals surface area contributed by atoms with Gasteiger partial charge in [0.15, 0.2) is 0 Å². The first-order valence-corrected chi connectivity index (χ1v) is 6.21. The Balaban J connectivity index is 1.90. The van der Waals surface area contributed by atoms with Crippen LogP contribution in [0.3, 0.4) is 0 Å². The van der Waals surface area contributed by atoms with Gasteiger partial charge in [0.2, 0.25) is 0 Å². The van der Waals surface area contributed by atoms with E-state index in [0.717, 1.165) is 21.7 Å². The van der Waals surface area contributed by atoms with Crippen molar-refractivity contribution in [3.8, 4) is 5.75 Å². The number of nitrogens with zero attached hydrogens (tertiary/aromatic N) is 2. The molecular formula is C13H13BrN2O. The fourth-order valence-corrected chi connectivity index (χ4v) is 1.79. The number of hydrogen-bond donors (Lipinski definition) is 0. The number of aromatic nitrogens is 2. The summed E-state index contributed by atoms with van der Waals surface area (Å²) in [6, 6.07) is 9.78. The second-order valence-electron chi connectivity index (χ2n) is 3.66. The maximum Gasteiger partial charge on any atom is 0.132 e. The van der Waals surface area contributed by atoms with Crippen LogP contribution in [0.2, 0.25) is 0 Å². The standard InChI is InChI=1S/C13H13BrN2O/c1-10-4-2-3-5-11(10)17-9-7-13-15-8-6-12(14)16-13/h2-6,8H,7,9H2,1H3. The summed E-state index contributed by atoms with van der Waals surface area (Å²) in [4.78, 5) is 8.42. The molecule has 0 saturated heterocycles. The largest absolute Gasteiger partial charge is 0.493 e. The molecule has 0 radical (unpaired) electrons. The van der Waals surface area contributed by atoms with Gasteiger partial charge in [-0.2, -0.15) is 0 Å². The highest BCUT2D eigenvalue weighted by Gasteiger charge is 2.00. The van der Waals surface area contributed by atoms with Gasteiger partial charge < -0.3 is 4.74 Å². The van der Waals surface area contributed by atoms with Crippen molar-refractivity contribution in [2.75, 3.05) is 6.61 Å². The van der Waals surface area contributed by atoms with Crippen molar-refractivity contribution in [1.29, 1.82) is 0 Å². The normalized spacial score (nSPS) is 10.2. The van der Waals surface area contributed by atoms with Gasteiger partial charge in [-0.25, -0.2) is 9.97 Å². The van der Waals surface area contributed by atoms with Crippen molar-refractivity contribution in [3.63, 3.8) is 0 Å². The summed E-state index contributed by atoms with van der Waals surface area (Å²) in [5, 5.41) is 0. The summed E-state index contributed by atoms with van der Waals surface area (Å²) in [6.07, 6.45) is 2.44. The van der Waals surface area contributed by atoms with Crippen LogP contribution in [0.25, 0.3) is 0 Å². The average molecular weight is 293 g/mol. The van der Waals surface area contributed by atoms with E-state index in [4.69, 9.17) is 4.74 Å². The molecule has 0 atom stereocenters. The molecule has 0 N–H and O–H groups in total. The van der Waals surface area contributed by atoms with E-state index in [2.05, 4.69) is 25.9 Å². The Morgan fingerprint density at radius 3 is 2.82 bits per heavy atom. The smallest absolute Gasteiger partial charge is 0.132 e. The zero-order valence-electron chi connectivity index (χ0n) is 9.56.